The molecule has 2 heterocycles. The van der Waals surface area contributed by atoms with Crippen molar-refractivity contribution in [1.82, 2.24) is 5.32 Å². The Hall–Kier alpha value is -1.70. The maximum absolute atomic E-state index is 3.33. The summed E-state index contributed by atoms with van der Waals surface area (Å²) in [4.78, 5) is 2.48. The lowest BCUT2D eigenvalue weighted by Crippen LogP contribution is -2.17. The van der Waals surface area contributed by atoms with E-state index in [9.17, 15) is 0 Å². The van der Waals surface area contributed by atoms with Crippen LogP contribution in [0.5, 0.6) is 0 Å². The molecule has 1 saturated heterocycles. The fourth-order valence-corrected chi connectivity index (χ4v) is 2.70. The van der Waals surface area contributed by atoms with Gasteiger partial charge >= 0.3 is 0 Å². The molecule has 0 radical (unpaired) electrons. The molecule has 0 aromatic heterocycles. The second-order valence-electron chi connectivity index (χ2n) is 5.22. The Morgan fingerprint density at radius 3 is 2.78 bits per heavy atom. The van der Waals surface area contributed by atoms with Crippen LogP contribution >= 0.6 is 0 Å². The van der Waals surface area contributed by atoms with Gasteiger partial charge in [-0.15, -0.1) is 0 Å². The number of anilines is 1. The molecule has 1 aromatic rings. The molecular weight excluding hydrogens is 220 g/mol. The molecular formula is C16H20N2. The van der Waals surface area contributed by atoms with Crippen molar-refractivity contribution >= 4 is 11.3 Å². The quantitative estimate of drug-likeness (QED) is 0.854. The smallest absolute Gasteiger partial charge is 0.0372 e. The molecule has 1 N–H and O–H groups in total. The number of rotatable bonds is 2. The molecule has 2 aliphatic rings. The average molecular weight is 240 g/mol. The van der Waals surface area contributed by atoms with Crippen LogP contribution in [0.25, 0.3) is 5.57 Å². The molecule has 2 heteroatoms. The van der Waals surface area contributed by atoms with Crippen molar-refractivity contribution in [3.8, 4) is 0 Å². The van der Waals surface area contributed by atoms with Gasteiger partial charge in [-0.05, 0) is 43.0 Å². The van der Waals surface area contributed by atoms with Gasteiger partial charge in [0.1, 0.15) is 0 Å². The van der Waals surface area contributed by atoms with E-state index in [0.717, 1.165) is 6.54 Å². The summed E-state index contributed by atoms with van der Waals surface area (Å²) in [7, 11) is 0. The monoisotopic (exact) mass is 240 g/mol. The molecule has 1 aromatic carbocycles. The Morgan fingerprint density at radius 1 is 1.17 bits per heavy atom. The number of benzene rings is 1. The van der Waals surface area contributed by atoms with E-state index in [1.807, 2.05) is 0 Å². The Bertz CT molecular complexity index is 494. The van der Waals surface area contributed by atoms with Gasteiger partial charge in [-0.2, -0.15) is 0 Å². The Balaban J connectivity index is 1.89. The van der Waals surface area contributed by atoms with Gasteiger partial charge in [0, 0.05) is 31.5 Å². The molecule has 18 heavy (non-hydrogen) atoms. The van der Waals surface area contributed by atoms with Crippen LogP contribution < -0.4 is 10.2 Å². The van der Waals surface area contributed by atoms with Crippen molar-refractivity contribution in [3.63, 3.8) is 0 Å². The summed E-state index contributed by atoms with van der Waals surface area (Å²) in [6.07, 6.45) is 7.05. The number of nitrogens with one attached hydrogen (secondary N) is 1. The third-order valence-electron chi connectivity index (χ3n) is 3.69. The molecule has 0 saturated carbocycles. The Morgan fingerprint density at radius 2 is 2.00 bits per heavy atom. The lowest BCUT2D eigenvalue weighted by Gasteiger charge is -2.19. The van der Waals surface area contributed by atoms with Gasteiger partial charge in [-0.1, -0.05) is 23.8 Å². The Labute approximate surface area is 109 Å². The van der Waals surface area contributed by atoms with E-state index in [-0.39, 0.29) is 0 Å². The third-order valence-corrected chi connectivity index (χ3v) is 3.69. The van der Waals surface area contributed by atoms with E-state index in [2.05, 4.69) is 53.7 Å². The minimum Gasteiger partial charge on any atom is -0.387 e. The summed E-state index contributed by atoms with van der Waals surface area (Å²) in [6, 6.07) is 8.90. The summed E-state index contributed by atoms with van der Waals surface area (Å²) in [6.45, 7) is 5.55. The van der Waals surface area contributed by atoms with E-state index in [1.54, 1.807) is 0 Å². The highest BCUT2D eigenvalue weighted by Crippen LogP contribution is 2.26. The van der Waals surface area contributed by atoms with E-state index < -0.39 is 0 Å². The zero-order valence-electron chi connectivity index (χ0n) is 10.9. The number of dihydropyridines is 1. The molecule has 3 rings (SSSR count). The first-order chi connectivity index (χ1) is 8.83. The van der Waals surface area contributed by atoms with Crippen LogP contribution in [0.15, 0.2) is 42.1 Å². The van der Waals surface area contributed by atoms with E-state index in [1.165, 1.54) is 48.3 Å². The lowest BCUT2D eigenvalue weighted by atomic mass is 10.0. The molecule has 0 aliphatic carbocycles. The predicted molar refractivity (Wildman–Crippen MR) is 77.6 cm³/mol. The first-order valence-electron chi connectivity index (χ1n) is 6.79. The highest BCUT2D eigenvalue weighted by molar-refractivity contribution is 5.77. The molecule has 0 amide bonds. The van der Waals surface area contributed by atoms with Crippen molar-refractivity contribution in [1.29, 1.82) is 0 Å². The maximum Gasteiger partial charge on any atom is 0.0372 e. The topological polar surface area (TPSA) is 15.3 Å². The number of nitrogens with zero attached hydrogens (tertiary/aromatic N) is 1. The van der Waals surface area contributed by atoms with Gasteiger partial charge in [0.05, 0.1) is 0 Å². The molecule has 94 valence electrons. The zero-order valence-corrected chi connectivity index (χ0v) is 10.9. The third kappa shape index (κ3) is 2.28. The number of hydrogen-bond donors (Lipinski definition) is 1. The van der Waals surface area contributed by atoms with Crippen molar-refractivity contribution in [3.05, 3.63) is 47.7 Å². The molecule has 2 aliphatic heterocycles. The van der Waals surface area contributed by atoms with Crippen LogP contribution in [-0.2, 0) is 0 Å². The van der Waals surface area contributed by atoms with E-state index in [0.29, 0.717) is 0 Å². The maximum atomic E-state index is 3.33. The normalized spacial score (nSPS) is 19.3. The largest absolute Gasteiger partial charge is 0.387 e. The predicted octanol–water partition coefficient (Wildman–Crippen LogP) is 3.18. The SMILES string of the molecule is CC1=CC(c2cccc(N3CCCC3)c2)=CNC1. The highest BCUT2D eigenvalue weighted by atomic mass is 15.1. The van der Waals surface area contributed by atoms with Gasteiger partial charge in [-0.25, -0.2) is 0 Å². The Kier molecular flexibility index (Phi) is 3.09. The minimum atomic E-state index is 0.968. The second-order valence-corrected chi connectivity index (χ2v) is 5.22. The zero-order chi connectivity index (χ0) is 12.4. The molecule has 2 nitrogen and oxygen atoms in total. The fraction of sp³-hybridized carbons (Fsp3) is 0.375. The molecule has 1 fully saturated rings. The number of hydrogen-bond acceptors (Lipinski definition) is 2. The van der Waals surface area contributed by atoms with Crippen LogP contribution in [0, 0.1) is 0 Å². The molecule has 0 bridgehead atoms. The van der Waals surface area contributed by atoms with Gasteiger partial charge in [0.15, 0.2) is 0 Å². The van der Waals surface area contributed by atoms with Crippen molar-refractivity contribution in [2.45, 2.75) is 19.8 Å². The summed E-state index contributed by atoms with van der Waals surface area (Å²) in [5.74, 6) is 0. The van der Waals surface area contributed by atoms with Gasteiger partial charge in [-0.3, -0.25) is 0 Å². The van der Waals surface area contributed by atoms with E-state index in [4.69, 9.17) is 0 Å². The number of allylic oxidation sites excluding steroid dienone is 2. The summed E-state index contributed by atoms with van der Waals surface area (Å²) in [5, 5.41) is 3.33. The second kappa shape index (κ2) is 4.89. The summed E-state index contributed by atoms with van der Waals surface area (Å²) < 4.78 is 0. The van der Waals surface area contributed by atoms with Gasteiger partial charge < -0.3 is 10.2 Å². The van der Waals surface area contributed by atoms with Crippen LogP contribution in [-0.4, -0.2) is 19.6 Å². The molecule has 0 spiro atoms. The van der Waals surface area contributed by atoms with Crippen LogP contribution in [0.2, 0.25) is 0 Å². The summed E-state index contributed by atoms with van der Waals surface area (Å²) >= 11 is 0. The molecule has 0 unspecified atom stereocenters. The minimum absolute atomic E-state index is 0.968. The van der Waals surface area contributed by atoms with Crippen LogP contribution in [0.3, 0.4) is 0 Å². The van der Waals surface area contributed by atoms with Crippen molar-refractivity contribution in [2.24, 2.45) is 0 Å². The van der Waals surface area contributed by atoms with Gasteiger partial charge in [0.2, 0.25) is 0 Å². The average Bonchev–Trinajstić information content (AvgIpc) is 2.93. The van der Waals surface area contributed by atoms with Crippen molar-refractivity contribution < 1.29 is 0 Å². The standard InChI is InChI=1S/C16H20N2/c1-13-9-15(12-17-11-13)14-5-4-6-16(10-14)18-7-2-3-8-18/h4-6,9-10,12,17H,2-3,7-8,11H2,1H3. The van der Waals surface area contributed by atoms with Crippen molar-refractivity contribution in [2.75, 3.05) is 24.5 Å². The van der Waals surface area contributed by atoms with Gasteiger partial charge in [0.25, 0.3) is 0 Å². The van der Waals surface area contributed by atoms with Crippen LogP contribution in [0.4, 0.5) is 5.69 Å². The first kappa shape index (κ1) is 11.4. The highest BCUT2D eigenvalue weighted by Gasteiger charge is 2.13. The van der Waals surface area contributed by atoms with E-state index >= 15 is 0 Å². The molecule has 0 atom stereocenters. The van der Waals surface area contributed by atoms with Crippen LogP contribution in [0.1, 0.15) is 25.3 Å². The fourth-order valence-electron chi connectivity index (χ4n) is 2.70. The lowest BCUT2D eigenvalue weighted by molar-refractivity contribution is 0.924. The first-order valence-corrected chi connectivity index (χ1v) is 6.79. The summed E-state index contributed by atoms with van der Waals surface area (Å²) in [5.41, 5.74) is 5.35.